The van der Waals surface area contributed by atoms with Gasteiger partial charge in [0.25, 0.3) is 5.22 Å². The van der Waals surface area contributed by atoms with Crippen molar-refractivity contribution in [2.24, 2.45) is 0 Å². The maximum Gasteiger partial charge on any atom is 0.328 e. The highest BCUT2D eigenvalue weighted by Crippen LogP contribution is 2.24. The molecular formula is C15H15NO3S. The van der Waals surface area contributed by atoms with Crippen molar-refractivity contribution in [2.45, 2.75) is 24.8 Å². The second kappa shape index (κ2) is 6.43. The Kier molecular flexibility index (Phi) is 4.63. The number of aliphatic carboxylic acids is 1. The smallest absolute Gasteiger partial charge is 0.328 e. The van der Waals surface area contributed by atoms with Crippen LogP contribution in [-0.2, 0) is 10.5 Å². The Morgan fingerprint density at radius 3 is 2.90 bits per heavy atom. The first-order chi connectivity index (χ1) is 9.54. The maximum absolute atomic E-state index is 10.5. The first kappa shape index (κ1) is 14.4. The molecule has 0 saturated carbocycles. The van der Waals surface area contributed by atoms with Gasteiger partial charge < -0.3 is 9.52 Å². The van der Waals surface area contributed by atoms with Crippen molar-refractivity contribution >= 4 is 23.8 Å². The van der Waals surface area contributed by atoms with Gasteiger partial charge in [-0.2, -0.15) is 0 Å². The number of carboxylic acid groups (broad SMARTS) is 1. The highest BCUT2D eigenvalue weighted by molar-refractivity contribution is 7.98. The molecule has 2 rings (SSSR count). The first-order valence-corrected chi connectivity index (χ1v) is 7.10. The van der Waals surface area contributed by atoms with E-state index in [1.165, 1.54) is 11.8 Å². The van der Waals surface area contributed by atoms with E-state index in [4.69, 9.17) is 9.52 Å². The van der Waals surface area contributed by atoms with Crippen LogP contribution in [0.25, 0.3) is 6.08 Å². The number of thioether (sulfide) groups is 1. The lowest BCUT2D eigenvalue weighted by atomic mass is 10.1. The largest absolute Gasteiger partial charge is 0.478 e. The van der Waals surface area contributed by atoms with Crippen LogP contribution in [0.5, 0.6) is 0 Å². The summed E-state index contributed by atoms with van der Waals surface area (Å²) in [5.41, 5.74) is 2.87. The lowest BCUT2D eigenvalue weighted by Gasteiger charge is -2.00. The fourth-order valence-electron chi connectivity index (χ4n) is 1.60. The Morgan fingerprint density at radius 2 is 2.25 bits per heavy atom. The molecule has 20 heavy (non-hydrogen) atoms. The summed E-state index contributed by atoms with van der Waals surface area (Å²) >= 11 is 1.52. The van der Waals surface area contributed by atoms with E-state index >= 15 is 0 Å². The molecule has 104 valence electrons. The summed E-state index contributed by atoms with van der Waals surface area (Å²) in [7, 11) is 0. The zero-order chi connectivity index (χ0) is 14.5. The minimum absolute atomic E-state index is 0.659. The number of hydrogen-bond donors (Lipinski definition) is 1. The molecule has 0 spiro atoms. The molecule has 1 N–H and O–H groups in total. The molecule has 1 heterocycles. The van der Waals surface area contributed by atoms with E-state index in [0.717, 1.165) is 34.4 Å². The Labute approximate surface area is 121 Å². The quantitative estimate of drug-likeness (QED) is 0.672. The lowest BCUT2D eigenvalue weighted by Crippen LogP contribution is -1.86. The average molecular weight is 289 g/mol. The summed E-state index contributed by atoms with van der Waals surface area (Å²) in [5, 5.41) is 9.27. The van der Waals surface area contributed by atoms with Crippen LogP contribution in [0.3, 0.4) is 0 Å². The molecule has 0 fully saturated rings. The summed E-state index contributed by atoms with van der Waals surface area (Å²) in [5.74, 6) is 0.620. The van der Waals surface area contributed by atoms with Gasteiger partial charge in [0.2, 0.25) is 0 Å². The number of rotatable bonds is 5. The topological polar surface area (TPSA) is 63.3 Å². The van der Waals surface area contributed by atoms with E-state index in [1.807, 2.05) is 38.1 Å². The third-order valence-electron chi connectivity index (χ3n) is 2.74. The molecule has 1 aromatic heterocycles. The number of nitrogens with zero attached hydrogens (tertiary/aromatic N) is 1. The van der Waals surface area contributed by atoms with Crippen molar-refractivity contribution in [3.63, 3.8) is 0 Å². The van der Waals surface area contributed by atoms with Crippen molar-refractivity contribution in [1.29, 1.82) is 0 Å². The highest BCUT2D eigenvalue weighted by Gasteiger charge is 2.06. The Bertz CT molecular complexity index is 627. The Hall–Kier alpha value is -2.01. The molecule has 0 aliphatic rings. The van der Waals surface area contributed by atoms with Crippen LogP contribution in [-0.4, -0.2) is 16.1 Å². The van der Waals surface area contributed by atoms with Crippen LogP contribution in [0.4, 0.5) is 0 Å². The zero-order valence-electron chi connectivity index (χ0n) is 11.3. The van der Waals surface area contributed by atoms with E-state index < -0.39 is 5.97 Å². The van der Waals surface area contributed by atoms with E-state index in [1.54, 1.807) is 6.08 Å². The molecule has 0 bridgehead atoms. The van der Waals surface area contributed by atoms with E-state index in [2.05, 4.69) is 4.98 Å². The van der Waals surface area contributed by atoms with Gasteiger partial charge >= 0.3 is 5.97 Å². The minimum atomic E-state index is -0.949. The molecule has 5 heteroatoms. The van der Waals surface area contributed by atoms with E-state index in [0.29, 0.717) is 5.22 Å². The fraction of sp³-hybridized carbons (Fsp3) is 0.200. The second-order valence-corrected chi connectivity index (χ2v) is 5.25. The second-order valence-electron chi connectivity index (χ2n) is 4.33. The SMILES string of the molecule is Cc1nc(SCc2cccc(/C=C/C(=O)O)c2)oc1C. The fourth-order valence-corrected chi connectivity index (χ4v) is 2.46. The lowest BCUT2D eigenvalue weighted by molar-refractivity contribution is -0.131. The Balaban J connectivity index is 2.02. The van der Waals surface area contributed by atoms with Crippen LogP contribution in [0.1, 0.15) is 22.6 Å². The number of benzene rings is 1. The monoisotopic (exact) mass is 289 g/mol. The molecule has 0 unspecified atom stereocenters. The van der Waals surface area contributed by atoms with E-state index in [9.17, 15) is 4.79 Å². The number of hydrogen-bond acceptors (Lipinski definition) is 4. The average Bonchev–Trinajstić information content (AvgIpc) is 2.74. The summed E-state index contributed by atoms with van der Waals surface area (Å²) in [6, 6.07) is 7.72. The van der Waals surface area contributed by atoms with Gasteiger partial charge in [0.05, 0.1) is 5.69 Å². The van der Waals surface area contributed by atoms with Crippen LogP contribution in [0.15, 0.2) is 40.0 Å². The van der Waals surface area contributed by atoms with Crippen molar-refractivity contribution in [1.82, 2.24) is 4.98 Å². The highest BCUT2D eigenvalue weighted by atomic mass is 32.2. The summed E-state index contributed by atoms with van der Waals surface area (Å²) in [6.07, 6.45) is 2.71. The zero-order valence-corrected chi connectivity index (χ0v) is 12.1. The summed E-state index contributed by atoms with van der Waals surface area (Å²) in [6.45, 7) is 3.81. The number of carboxylic acids is 1. The number of carbonyl (C=O) groups is 1. The number of oxazole rings is 1. The van der Waals surface area contributed by atoms with Crippen LogP contribution in [0, 0.1) is 13.8 Å². The molecule has 0 radical (unpaired) electrons. The summed E-state index contributed by atoms with van der Waals surface area (Å²) in [4.78, 5) is 14.8. The minimum Gasteiger partial charge on any atom is -0.478 e. The van der Waals surface area contributed by atoms with Gasteiger partial charge in [-0.1, -0.05) is 36.0 Å². The third kappa shape index (κ3) is 3.99. The van der Waals surface area contributed by atoms with Crippen LogP contribution < -0.4 is 0 Å². The Morgan fingerprint density at radius 1 is 1.45 bits per heavy atom. The molecular weight excluding hydrogens is 274 g/mol. The normalized spacial score (nSPS) is 11.1. The van der Waals surface area contributed by atoms with Gasteiger partial charge in [0.1, 0.15) is 5.76 Å². The maximum atomic E-state index is 10.5. The molecule has 0 aliphatic heterocycles. The van der Waals surface area contributed by atoms with Gasteiger partial charge in [-0.05, 0) is 31.1 Å². The van der Waals surface area contributed by atoms with Crippen LogP contribution in [0.2, 0.25) is 0 Å². The van der Waals surface area contributed by atoms with E-state index in [-0.39, 0.29) is 0 Å². The molecule has 2 aromatic rings. The number of aromatic nitrogens is 1. The summed E-state index contributed by atoms with van der Waals surface area (Å²) < 4.78 is 5.51. The predicted octanol–water partition coefficient (Wildman–Crippen LogP) is 3.68. The number of aryl methyl sites for hydroxylation is 2. The molecule has 0 amide bonds. The molecule has 1 aromatic carbocycles. The van der Waals surface area contributed by atoms with Gasteiger partial charge in [-0.3, -0.25) is 0 Å². The van der Waals surface area contributed by atoms with Crippen molar-refractivity contribution in [2.75, 3.05) is 0 Å². The standard InChI is InChI=1S/C15H15NO3S/c1-10-11(2)19-15(16-10)20-9-13-5-3-4-12(8-13)6-7-14(17)18/h3-8H,9H2,1-2H3,(H,17,18)/b7-6+. The van der Waals surface area contributed by atoms with Crippen molar-refractivity contribution in [3.8, 4) is 0 Å². The molecule has 0 saturated heterocycles. The van der Waals surface area contributed by atoms with Crippen molar-refractivity contribution < 1.29 is 14.3 Å². The molecule has 0 aliphatic carbocycles. The van der Waals surface area contributed by atoms with Gasteiger partial charge in [0, 0.05) is 11.8 Å². The van der Waals surface area contributed by atoms with Crippen LogP contribution >= 0.6 is 11.8 Å². The third-order valence-corrected chi connectivity index (χ3v) is 3.64. The van der Waals surface area contributed by atoms with Gasteiger partial charge in [-0.15, -0.1) is 0 Å². The molecule has 4 nitrogen and oxygen atoms in total. The predicted molar refractivity (Wildman–Crippen MR) is 78.6 cm³/mol. The van der Waals surface area contributed by atoms with Crippen molar-refractivity contribution in [3.05, 3.63) is 52.9 Å². The molecule has 0 atom stereocenters. The first-order valence-electron chi connectivity index (χ1n) is 6.11. The van der Waals surface area contributed by atoms with Gasteiger partial charge in [-0.25, -0.2) is 9.78 Å². The van der Waals surface area contributed by atoms with Gasteiger partial charge in [0.15, 0.2) is 0 Å².